The van der Waals surface area contributed by atoms with Gasteiger partial charge in [-0.1, -0.05) is 18.2 Å². The number of hydrogen-bond donors (Lipinski definition) is 3. The molecular formula is C39H37F12N10O7P. The maximum absolute atomic E-state index is 14.3. The van der Waals surface area contributed by atoms with Gasteiger partial charge in [0.05, 0.1) is 13.1 Å². The van der Waals surface area contributed by atoms with Crippen molar-refractivity contribution in [2.45, 2.75) is 76.3 Å². The van der Waals surface area contributed by atoms with Crippen molar-refractivity contribution in [3.63, 3.8) is 0 Å². The predicted molar refractivity (Wildman–Crippen MR) is 209 cm³/mol. The molecule has 4 heterocycles. The third-order valence-corrected chi connectivity index (χ3v) is 10.3. The molecular weight excluding hydrogens is 979 g/mol. The summed E-state index contributed by atoms with van der Waals surface area (Å²) in [5.74, 6) is -11.2. The van der Waals surface area contributed by atoms with E-state index in [4.69, 9.17) is 20.4 Å². The summed E-state index contributed by atoms with van der Waals surface area (Å²) >= 11 is 0. The summed E-state index contributed by atoms with van der Waals surface area (Å²) in [5, 5.41) is 22.9. The third kappa shape index (κ3) is 14.3. The second-order valence-corrected chi connectivity index (χ2v) is 15.6. The lowest BCUT2D eigenvalue weighted by atomic mass is 10.0. The Balaban J connectivity index is 0.000000281. The van der Waals surface area contributed by atoms with Gasteiger partial charge in [-0.15, -0.1) is 20.4 Å². The Morgan fingerprint density at radius 2 is 1.12 bits per heavy atom. The molecule has 0 bridgehead atoms. The number of nitrogens with two attached hydrogens (primary N) is 1. The van der Waals surface area contributed by atoms with Crippen LogP contribution in [0.25, 0.3) is 0 Å². The number of nitrogens with zero attached hydrogens (tertiary/aromatic N) is 8. The fraction of sp³-hybridized carbons (Fsp3) is 0.359. The number of aromatic nitrogens is 6. The Morgan fingerprint density at radius 1 is 0.696 bits per heavy atom. The van der Waals surface area contributed by atoms with Gasteiger partial charge in [-0.25, -0.2) is 31.6 Å². The monoisotopic (exact) mass is 1020 g/mol. The topological polar surface area (TPSA) is 227 Å². The van der Waals surface area contributed by atoms with E-state index < -0.39 is 97.0 Å². The van der Waals surface area contributed by atoms with Gasteiger partial charge in [-0.2, -0.15) is 26.3 Å². The Hall–Kier alpha value is -6.55. The molecule has 3 atom stereocenters. The Labute approximate surface area is 382 Å². The lowest BCUT2D eigenvalue weighted by Crippen LogP contribution is -2.44. The molecule has 0 aliphatic carbocycles. The van der Waals surface area contributed by atoms with Gasteiger partial charge in [0.1, 0.15) is 11.6 Å². The summed E-state index contributed by atoms with van der Waals surface area (Å²) < 4.78 is 172. The summed E-state index contributed by atoms with van der Waals surface area (Å²) in [4.78, 5) is 49.5. The minimum atomic E-state index is -4.70. The zero-order chi connectivity index (χ0) is 51.0. The zero-order valence-corrected chi connectivity index (χ0v) is 35.9. The smallest absolute Gasteiger partial charge is 0.521 e. The van der Waals surface area contributed by atoms with Crippen LogP contribution in [0.4, 0.5) is 52.7 Å². The molecule has 0 spiro atoms. The molecule has 2 aliphatic rings. The van der Waals surface area contributed by atoms with E-state index in [1.54, 1.807) is 18.2 Å². The summed E-state index contributed by atoms with van der Waals surface area (Å²) in [6.45, 7) is -0.822. The fourth-order valence-electron chi connectivity index (χ4n) is 6.95. The summed E-state index contributed by atoms with van der Waals surface area (Å²) in [7, 11) is -3.04. The van der Waals surface area contributed by atoms with Crippen molar-refractivity contribution in [1.29, 1.82) is 0 Å². The largest absolute Gasteiger partial charge is 0.565 e. The SMILES string of the molecule is N[C@@H](CC(=O)N1CCn2c(nnc2C(F)(F)F)C1)Cc1cc(F)c(F)cc1F.O=C(N[C@@H](CC(=O)N1CCn2c(nnc2C(F)(F)F)C1)Cc1cc(F)c(F)cc1F)c1ccccc1.O=[P+]([O-])OO.[HH]. The molecule has 0 saturated carbocycles. The first kappa shape index (κ1) is 53.4. The lowest BCUT2D eigenvalue weighted by molar-refractivity contribution is -0.244. The molecule has 1 unspecified atom stereocenters. The van der Waals surface area contributed by atoms with E-state index in [1.807, 2.05) is 0 Å². The van der Waals surface area contributed by atoms with Crippen molar-refractivity contribution < 1.29 is 87.9 Å². The van der Waals surface area contributed by atoms with E-state index in [-0.39, 0.29) is 94.7 Å². The molecule has 0 radical (unpaired) electrons. The highest BCUT2D eigenvalue weighted by molar-refractivity contribution is 7.30. The number of hydrogen-bond acceptors (Lipinski definition) is 12. The maximum atomic E-state index is 14.3. The molecule has 374 valence electrons. The number of alkyl halides is 6. The van der Waals surface area contributed by atoms with Crippen LogP contribution in [0.1, 0.15) is 59.1 Å². The van der Waals surface area contributed by atoms with Crippen molar-refractivity contribution in [2.75, 3.05) is 13.1 Å². The first-order valence-corrected chi connectivity index (χ1v) is 20.8. The average Bonchev–Trinajstić information content (AvgIpc) is 3.93. The highest BCUT2D eigenvalue weighted by Gasteiger charge is 2.41. The van der Waals surface area contributed by atoms with Crippen LogP contribution in [0.15, 0.2) is 54.6 Å². The molecule has 69 heavy (non-hydrogen) atoms. The van der Waals surface area contributed by atoms with Crippen LogP contribution in [0.2, 0.25) is 0 Å². The molecule has 3 aromatic carbocycles. The van der Waals surface area contributed by atoms with Gasteiger partial charge >= 0.3 is 20.6 Å². The number of fused-ring (bicyclic) bond motifs is 2. The van der Waals surface area contributed by atoms with Gasteiger partial charge in [0.15, 0.2) is 34.9 Å². The Morgan fingerprint density at radius 3 is 1.55 bits per heavy atom. The van der Waals surface area contributed by atoms with Crippen LogP contribution in [0, 0.1) is 34.9 Å². The van der Waals surface area contributed by atoms with Gasteiger partial charge < -0.3 is 34.9 Å². The van der Waals surface area contributed by atoms with Crippen molar-refractivity contribution >= 4 is 26.0 Å². The van der Waals surface area contributed by atoms with E-state index in [0.717, 1.165) is 9.13 Å². The molecule has 0 saturated heterocycles. The van der Waals surface area contributed by atoms with E-state index in [0.29, 0.717) is 24.3 Å². The molecule has 2 aromatic heterocycles. The Kier molecular flexibility index (Phi) is 17.6. The third-order valence-electron chi connectivity index (χ3n) is 10.1. The quantitative estimate of drug-likeness (QED) is 0.0508. The van der Waals surface area contributed by atoms with Gasteiger partial charge in [0.2, 0.25) is 23.5 Å². The van der Waals surface area contributed by atoms with Crippen molar-refractivity contribution in [3.05, 3.63) is 129 Å². The minimum Gasteiger partial charge on any atom is -0.565 e. The van der Waals surface area contributed by atoms with Crippen LogP contribution >= 0.6 is 8.25 Å². The average molecular weight is 1020 g/mol. The van der Waals surface area contributed by atoms with Crippen LogP contribution in [0.5, 0.6) is 0 Å². The normalized spacial score (nSPS) is 14.6. The van der Waals surface area contributed by atoms with Crippen LogP contribution in [-0.2, 0) is 70.2 Å². The Bertz CT molecular complexity index is 2660. The molecule has 17 nitrogen and oxygen atoms in total. The van der Waals surface area contributed by atoms with E-state index in [9.17, 15) is 67.1 Å². The highest BCUT2D eigenvalue weighted by atomic mass is 31.1. The molecule has 2 aliphatic heterocycles. The second-order valence-electron chi connectivity index (χ2n) is 14.9. The van der Waals surface area contributed by atoms with E-state index in [1.165, 1.54) is 21.9 Å². The highest BCUT2D eigenvalue weighted by Crippen LogP contribution is 2.31. The first-order valence-electron chi connectivity index (χ1n) is 19.7. The molecule has 4 N–H and O–H groups in total. The van der Waals surface area contributed by atoms with E-state index in [2.05, 4.69) is 30.4 Å². The van der Waals surface area contributed by atoms with Crippen molar-refractivity contribution in [1.82, 2.24) is 44.6 Å². The van der Waals surface area contributed by atoms with Crippen LogP contribution < -0.4 is 15.9 Å². The maximum Gasteiger partial charge on any atom is 0.521 e. The number of carbonyl (C=O) groups excluding carboxylic acids is 3. The minimum absolute atomic E-state index is 0. The lowest BCUT2D eigenvalue weighted by Gasteiger charge is -2.29. The second kappa shape index (κ2) is 22.7. The molecule has 3 amide bonds. The van der Waals surface area contributed by atoms with Crippen molar-refractivity contribution in [3.8, 4) is 0 Å². The van der Waals surface area contributed by atoms with Gasteiger partial charge in [0.25, 0.3) is 5.91 Å². The molecule has 7 rings (SSSR count). The van der Waals surface area contributed by atoms with Crippen LogP contribution in [0.3, 0.4) is 0 Å². The molecule has 0 fully saturated rings. The van der Waals surface area contributed by atoms with Gasteiger partial charge in [-0.3, -0.25) is 14.4 Å². The number of carbonyl (C=O) groups is 3. The van der Waals surface area contributed by atoms with Gasteiger partial charge in [0, 0.05) is 74.9 Å². The number of halogens is 12. The fourth-order valence-corrected chi connectivity index (χ4v) is 6.95. The number of nitrogens with one attached hydrogen (secondary N) is 1. The zero-order valence-electron chi connectivity index (χ0n) is 35.0. The number of rotatable bonds is 11. The van der Waals surface area contributed by atoms with Gasteiger partial charge in [-0.05, 0) is 52.8 Å². The predicted octanol–water partition coefficient (Wildman–Crippen LogP) is 5.24. The van der Waals surface area contributed by atoms with E-state index >= 15 is 0 Å². The van der Waals surface area contributed by atoms with Crippen LogP contribution in [-0.4, -0.2) is 87.5 Å². The molecule has 30 heteroatoms. The molecule has 5 aromatic rings. The number of amides is 3. The number of benzene rings is 3. The summed E-state index contributed by atoms with van der Waals surface area (Å²) in [5.41, 5.74) is 5.64. The van der Waals surface area contributed by atoms with Crippen molar-refractivity contribution in [2.24, 2.45) is 5.73 Å². The standard InChI is InChI=1S/C23H19F6N5O2.C16H15F6N5O.HO4P.H2/c24-16-11-18(26)17(25)9-14(16)8-15(30-21(36)13-4-2-1-3-5-13)10-20(35)33-6-7-34-19(12-33)31-32-22(34)23(27,28)29;17-10-6-12(19)11(18)4-8(10)3-9(23)5-14(28)26-1-2-27-13(7-26)24-25-15(27)16(20,21)22;1-4-5(2)3;/h1-5,9,11,15H,6-8,10,12H2,(H,30,36);4,6,9H,1-3,5,7,23H2;1H;1H/t15-;9-;;/m11../s1. The summed E-state index contributed by atoms with van der Waals surface area (Å²) in [6.07, 6.45) is -10.5. The first-order chi connectivity index (χ1) is 32.4. The summed E-state index contributed by atoms with van der Waals surface area (Å²) in [6, 6.07) is 8.13.